The quantitative estimate of drug-likeness (QED) is 0.641. The Balaban J connectivity index is 0.000000196. The summed E-state index contributed by atoms with van der Waals surface area (Å²) in [5.41, 5.74) is 1.79. The average Bonchev–Trinajstić information content (AvgIpc) is 2.69. The van der Waals surface area contributed by atoms with Gasteiger partial charge < -0.3 is 4.74 Å². The number of hydrogen-bond acceptors (Lipinski definition) is 4. The van der Waals surface area contributed by atoms with E-state index in [1.54, 1.807) is 42.5 Å². The SMILES string of the molecule is O=Cc1ccc(C=O)cc1.O=Cc1cccc(Oc2ccccc2)c1. The van der Waals surface area contributed by atoms with Crippen LogP contribution in [0.15, 0.2) is 78.9 Å². The predicted molar refractivity (Wildman–Crippen MR) is 95.6 cm³/mol. The smallest absolute Gasteiger partial charge is 0.150 e. The highest BCUT2D eigenvalue weighted by molar-refractivity contribution is 5.79. The molecule has 0 atom stereocenters. The third kappa shape index (κ3) is 5.88. The number of ether oxygens (including phenoxy) is 1. The Labute approximate surface area is 145 Å². The molecule has 0 saturated heterocycles. The van der Waals surface area contributed by atoms with E-state index in [9.17, 15) is 14.4 Å². The predicted octanol–water partition coefficient (Wildman–Crippen LogP) is 4.60. The van der Waals surface area contributed by atoms with Gasteiger partial charge in [0.15, 0.2) is 0 Å². The van der Waals surface area contributed by atoms with Crippen molar-refractivity contribution in [2.45, 2.75) is 0 Å². The fraction of sp³-hybridized carbons (Fsp3) is 0. The molecule has 0 N–H and O–H groups in total. The lowest BCUT2D eigenvalue weighted by Crippen LogP contribution is -1.85. The second-order valence-corrected chi connectivity index (χ2v) is 5.01. The minimum Gasteiger partial charge on any atom is -0.457 e. The van der Waals surface area contributed by atoms with Gasteiger partial charge in [-0.1, -0.05) is 54.6 Å². The van der Waals surface area contributed by atoms with Gasteiger partial charge in [-0.3, -0.25) is 14.4 Å². The van der Waals surface area contributed by atoms with Crippen LogP contribution in [0.5, 0.6) is 11.5 Å². The molecule has 0 aliphatic heterocycles. The van der Waals surface area contributed by atoms with E-state index < -0.39 is 0 Å². The van der Waals surface area contributed by atoms with Crippen LogP contribution in [0, 0.1) is 0 Å². The van der Waals surface area contributed by atoms with Gasteiger partial charge in [-0.15, -0.1) is 0 Å². The van der Waals surface area contributed by atoms with Crippen molar-refractivity contribution in [2.24, 2.45) is 0 Å². The first-order valence-corrected chi connectivity index (χ1v) is 7.53. The van der Waals surface area contributed by atoms with Crippen molar-refractivity contribution in [1.29, 1.82) is 0 Å². The van der Waals surface area contributed by atoms with E-state index in [1.807, 2.05) is 36.4 Å². The number of benzene rings is 3. The fourth-order valence-corrected chi connectivity index (χ4v) is 1.93. The van der Waals surface area contributed by atoms with E-state index in [-0.39, 0.29) is 0 Å². The van der Waals surface area contributed by atoms with Crippen LogP contribution in [-0.2, 0) is 0 Å². The van der Waals surface area contributed by atoms with Gasteiger partial charge in [0.1, 0.15) is 30.4 Å². The zero-order valence-corrected chi connectivity index (χ0v) is 13.4. The van der Waals surface area contributed by atoms with E-state index >= 15 is 0 Å². The van der Waals surface area contributed by atoms with Crippen molar-refractivity contribution in [3.05, 3.63) is 95.6 Å². The average molecular weight is 332 g/mol. The van der Waals surface area contributed by atoms with Crippen molar-refractivity contribution >= 4 is 18.9 Å². The Bertz CT molecular complexity index is 797. The molecule has 0 bridgehead atoms. The fourth-order valence-electron chi connectivity index (χ4n) is 1.93. The van der Waals surface area contributed by atoms with E-state index in [2.05, 4.69) is 0 Å². The molecule has 0 amide bonds. The van der Waals surface area contributed by atoms with Crippen molar-refractivity contribution in [3.63, 3.8) is 0 Å². The van der Waals surface area contributed by atoms with Crippen LogP contribution < -0.4 is 4.74 Å². The molecule has 124 valence electrons. The first-order chi connectivity index (χ1) is 12.2. The van der Waals surface area contributed by atoms with Gasteiger partial charge in [-0.05, 0) is 24.3 Å². The standard InChI is InChI=1S/C13H10O2.C8H6O2/c14-10-11-5-4-8-13(9-11)15-12-6-2-1-3-7-12;9-5-7-1-2-8(6-10)4-3-7/h1-10H;1-6H. The minimum atomic E-state index is 0.589. The minimum absolute atomic E-state index is 0.589. The maximum absolute atomic E-state index is 10.6. The number of aldehydes is 3. The lowest BCUT2D eigenvalue weighted by molar-refractivity contribution is 0.111. The van der Waals surface area contributed by atoms with Crippen molar-refractivity contribution in [2.75, 3.05) is 0 Å². The van der Waals surface area contributed by atoms with Gasteiger partial charge in [-0.2, -0.15) is 0 Å². The number of rotatable bonds is 5. The zero-order valence-electron chi connectivity index (χ0n) is 13.4. The van der Waals surface area contributed by atoms with Crippen molar-refractivity contribution < 1.29 is 19.1 Å². The Morgan fingerprint density at radius 1 is 0.520 bits per heavy atom. The second kappa shape index (κ2) is 9.57. The summed E-state index contributed by atoms with van der Waals surface area (Å²) in [4.78, 5) is 30.8. The van der Waals surface area contributed by atoms with Crippen molar-refractivity contribution in [1.82, 2.24) is 0 Å². The van der Waals surface area contributed by atoms with Crippen LogP contribution in [0.2, 0.25) is 0 Å². The van der Waals surface area contributed by atoms with Crippen LogP contribution in [0.25, 0.3) is 0 Å². The molecule has 0 aliphatic carbocycles. The van der Waals surface area contributed by atoms with E-state index in [0.29, 0.717) is 22.4 Å². The Hall–Kier alpha value is -3.53. The Morgan fingerprint density at radius 2 is 1.04 bits per heavy atom. The topological polar surface area (TPSA) is 60.4 Å². The molecular formula is C21H16O4. The molecule has 3 aromatic carbocycles. The number of carbonyl (C=O) groups is 3. The first kappa shape index (κ1) is 17.8. The summed E-state index contributed by atoms with van der Waals surface area (Å²) in [5.74, 6) is 1.44. The molecule has 25 heavy (non-hydrogen) atoms. The molecule has 3 rings (SSSR count). The van der Waals surface area contributed by atoms with Crippen LogP contribution in [0.4, 0.5) is 0 Å². The zero-order chi connectivity index (χ0) is 17.9. The summed E-state index contributed by atoms with van der Waals surface area (Å²) in [5, 5.41) is 0. The summed E-state index contributed by atoms with van der Waals surface area (Å²) >= 11 is 0. The third-order valence-corrected chi connectivity index (χ3v) is 3.18. The lowest BCUT2D eigenvalue weighted by atomic mass is 10.2. The van der Waals surface area contributed by atoms with E-state index in [0.717, 1.165) is 24.6 Å². The van der Waals surface area contributed by atoms with Gasteiger partial charge in [0.2, 0.25) is 0 Å². The van der Waals surface area contributed by atoms with E-state index in [1.165, 1.54) is 0 Å². The van der Waals surface area contributed by atoms with Crippen LogP contribution >= 0.6 is 0 Å². The van der Waals surface area contributed by atoms with Gasteiger partial charge in [-0.25, -0.2) is 0 Å². The number of para-hydroxylation sites is 1. The highest BCUT2D eigenvalue weighted by Crippen LogP contribution is 2.21. The summed E-state index contributed by atoms with van der Waals surface area (Å²) < 4.78 is 5.56. The van der Waals surface area contributed by atoms with Gasteiger partial charge in [0.25, 0.3) is 0 Å². The van der Waals surface area contributed by atoms with Gasteiger partial charge in [0, 0.05) is 16.7 Å². The van der Waals surface area contributed by atoms with Gasteiger partial charge in [0.05, 0.1) is 0 Å². The normalized spacial score (nSPS) is 9.28. The molecule has 0 fully saturated rings. The van der Waals surface area contributed by atoms with Crippen LogP contribution in [0.1, 0.15) is 31.1 Å². The molecule has 4 heteroatoms. The molecule has 0 aromatic heterocycles. The Morgan fingerprint density at radius 3 is 1.56 bits per heavy atom. The third-order valence-electron chi connectivity index (χ3n) is 3.18. The maximum Gasteiger partial charge on any atom is 0.150 e. The molecule has 3 aromatic rings. The summed E-state index contributed by atoms with van der Waals surface area (Å²) in [7, 11) is 0. The molecule has 0 aliphatic rings. The highest BCUT2D eigenvalue weighted by Gasteiger charge is 1.97. The molecule has 0 unspecified atom stereocenters. The summed E-state index contributed by atoms with van der Waals surface area (Å²) in [6.45, 7) is 0. The molecule has 4 nitrogen and oxygen atoms in total. The van der Waals surface area contributed by atoms with Crippen molar-refractivity contribution in [3.8, 4) is 11.5 Å². The molecule has 0 radical (unpaired) electrons. The van der Waals surface area contributed by atoms with Gasteiger partial charge >= 0.3 is 0 Å². The highest BCUT2D eigenvalue weighted by atomic mass is 16.5. The largest absolute Gasteiger partial charge is 0.457 e. The second-order valence-electron chi connectivity index (χ2n) is 5.01. The first-order valence-electron chi connectivity index (χ1n) is 7.53. The van der Waals surface area contributed by atoms with E-state index in [4.69, 9.17) is 4.74 Å². The lowest BCUT2D eigenvalue weighted by Gasteiger charge is -2.04. The molecule has 0 spiro atoms. The van der Waals surface area contributed by atoms with Crippen LogP contribution in [-0.4, -0.2) is 18.9 Å². The number of carbonyl (C=O) groups excluding carboxylic acids is 3. The summed E-state index contributed by atoms with van der Waals surface area (Å²) in [6, 6.07) is 23.0. The molecule has 0 heterocycles. The summed E-state index contributed by atoms with van der Waals surface area (Å²) in [6.07, 6.45) is 2.29. The Kier molecular flexibility index (Phi) is 6.82. The molecule has 0 saturated carbocycles. The number of hydrogen-bond donors (Lipinski definition) is 0. The van der Waals surface area contributed by atoms with Crippen LogP contribution in [0.3, 0.4) is 0 Å². The monoisotopic (exact) mass is 332 g/mol. The maximum atomic E-state index is 10.6. The molecular weight excluding hydrogens is 316 g/mol.